The van der Waals surface area contributed by atoms with Crippen LogP contribution in [0.5, 0.6) is 0 Å². The Balaban J connectivity index is 1.80. The van der Waals surface area contributed by atoms with Crippen LogP contribution in [0.4, 0.5) is 16.0 Å². The van der Waals surface area contributed by atoms with Crippen LogP contribution in [0.1, 0.15) is 17.0 Å². The number of benzene rings is 2. The minimum Gasteiger partial charge on any atom is -0.332 e. The van der Waals surface area contributed by atoms with Crippen LogP contribution in [0.2, 0.25) is 10.0 Å². The van der Waals surface area contributed by atoms with E-state index >= 15 is 0 Å². The molecule has 0 saturated carbocycles. The zero-order valence-corrected chi connectivity index (χ0v) is 19.0. The van der Waals surface area contributed by atoms with Crippen molar-refractivity contribution in [2.75, 3.05) is 10.6 Å². The summed E-state index contributed by atoms with van der Waals surface area (Å²) < 4.78 is 13.4. The molecule has 0 atom stereocenters. The number of aromatic nitrogens is 2. The highest BCUT2D eigenvalue weighted by molar-refractivity contribution is 7.80. The molecule has 2 aromatic carbocycles. The second kappa shape index (κ2) is 10.5. The van der Waals surface area contributed by atoms with Crippen molar-refractivity contribution >= 4 is 58.1 Å². The fourth-order valence-corrected chi connectivity index (χ4v) is 3.22. The molecule has 6 nitrogen and oxygen atoms in total. The largest absolute Gasteiger partial charge is 0.332 e. The van der Waals surface area contributed by atoms with Gasteiger partial charge in [-0.1, -0.05) is 41.4 Å². The number of aryl methyl sites for hydroxylation is 2. The molecule has 0 aliphatic heterocycles. The average Bonchev–Trinajstić information content (AvgIpc) is 2.69. The molecule has 1 aromatic heterocycles. The van der Waals surface area contributed by atoms with Crippen molar-refractivity contribution in [1.29, 1.82) is 0 Å². The van der Waals surface area contributed by atoms with E-state index in [1.54, 1.807) is 6.07 Å². The molecule has 0 amide bonds. The lowest BCUT2D eigenvalue weighted by Gasteiger charge is -2.15. The van der Waals surface area contributed by atoms with Crippen LogP contribution in [0.25, 0.3) is 0 Å². The van der Waals surface area contributed by atoms with Crippen molar-refractivity contribution in [1.82, 2.24) is 15.3 Å². The van der Waals surface area contributed by atoms with E-state index in [4.69, 9.17) is 35.4 Å². The maximum atomic E-state index is 13.4. The minimum atomic E-state index is -0.512. The molecule has 10 heteroatoms. The summed E-state index contributed by atoms with van der Waals surface area (Å²) in [6, 6.07) is 13.5. The van der Waals surface area contributed by atoms with Crippen LogP contribution in [0, 0.1) is 19.7 Å². The lowest BCUT2D eigenvalue weighted by atomic mass is 10.2. The molecule has 0 spiro atoms. The molecule has 1 heterocycles. The first-order chi connectivity index (χ1) is 14.8. The summed E-state index contributed by atoms with van der Waals surface area (Å²) >= 11 is 17.4. The molecular formula is C21H19Cl2FN6S. The topological polar surface area (TPSA) is 74.2 Å². The number of anilines is 2. The summed E-state index contributed by atoms with van der Waals surface area (Å²) in [6.45, 7) is 4.04. The SMILES string of the molecule is Cc1cc(C)nc(NC(=NCc2ccccc2Cl)NC(=S)Nc2ccc(F)c(Cl)c2)n1. The van der Waals surface area contributed by atoms with Crippen molar-refractivity contribution in [2.45, 2.75) is 20.4 Å². The Morgan fingerprint density at radius 1 is 1.00 bits per heavy atom. The Morgan fingerprint density at radius 2 is 1.71 bits per heavy atom. The molecule has 0 saturated heterocycles. The summed E-state index contributed by atoms with van der Waals surface area (Å²) in [6.07, 6.45) is 0. The van der Waals surface area contributed by atoms with Gasteiger partial charge >= 0.3 is 0 Å². The molecule has 0 bridgehead atoms. The molecule has 0 radical (unpaired) electrons. The van der Waals surface area contributed by atoms with Crippen molar-refractivity contribution in [3.8, 4) is 0 Å². The lowest BCUT2D eigenvalue weighted by Crippen LogP contribution is -2.39. The van der Waals surface area contributed by atoms with Crippen molar-refractivity contribution in [3.63, 3.8) is 0 Å². The minimum absolute atomic E-state index is 0.0119. The zero-order valence-electron chi connectivity index (χ0n) is 16.7. The Hall–Kier alpha value is -2.81. The van der Waals surface area contributed by atoms with E-state index in [2.05, 4.69) is 30.9 Å². The maximum Gasteiger partial charge on any atom is 0.229 e. The van der Waals surface area contributed by atoms with Crippen LogP contribution in [0.15, 0.2) is 53.5 Å². The van der Waals surface area contributed by atoms with Gasteiger partial charge in [0.05, 0.1) is 11.6 Å². The van der Waals surface area contributed by atoms with Gasteiger partial charge in [-0.2, -0.15) is 0 Å². The third-order valence-corrected chi connectivity index (χ3v) is 4.85. The predicted molar refractivity (Wildman–Crippen MR) is 128 cm³/mol. The third-order valence-electron chi connectivity index (χ3n) is 3.99. The molecule has 0 aliphatic rings. The predicted octanol–water partition coefficient (Wildman–Crippen LogP) is 5.49. The van der Waals surface area contributed by atoms with Gasteiger partial charge < -0.3 is 10.6 Å². The molecule has 31 heavy (non-hydrogen) atoms. The molecule has 0 unspecified atom stereocenters. The smallest absolute Gasteiger partial charge is 0.229 e. The fourth-order valence-electron chi connectivity index (χ4n) is 2.63. The van der Waals surface area contributed by atoms with Crippen LogP contribution < -0.4 is 16.0 Å². The Labute approximate surface area is 194 Å². The van der Waals surface area contributed by atoms with Gasteiger partial charge in [0.15, 0.2) is 5.11 Å². The Morgan fingerprint density at radius 3 is 2.39 bits per heavy atom. The summed E-state index contributed by atoms with van der Waals surface area (Å²) in [5.74, 6) is 0.174. The van der Waals surface area contributed by atoms with Crippen LogP contribution in [0.3, 0.4) is 0 Å². The Kier molecular flexibility index (Phi) is 7.73. The molecule has 0 aliphatic carbocycles. The molecule has 3 rings (SSSR count). The highest BCUT2D eigenvalue weighted by atomic mass is 35.5. The highest BCUT2D eigenvalue weighted by Crippen LogP contribution is 2.19. The number of halogens is 3. The molecule has 3 aromatic rings. The first kappa shape index (κ1) is 22.9. The Bertz CT molecular complexity index is 1120. The van der Waals surface area contributed by atoms with Gasteiger partial charge in [0, 0.05) is 22.1 Å². The van der Waals surface area contributed by atoms with E-state index in [-0.39, 0.29) is 10.1 Å². The molecule has 160 valence electrons. The maximum absolute atomic E-state index is 13.4. The van der Waals surface area contributed by atoms with E-state index in [1.807, 2.05) is 38.1 Å². The van der Waals surface area contributed by atoms with Gasteiger partial charge in [0.1, 0.15) is 5.82 Å². The summed E-state index contributed by atoms with van der Waals surface area (Å²) in [5, 5.41) is 9.78. The van der Waals surface area contributed by atoms with Crippen molar-refractivity contribution in [3.05, 3.63) is 81.3 Å². The van der Waals surface area contributed by atoms with Gasteiger partial charge in [-0.15, -0.1) is 0 Å². The number of thiocarbonyl (C=S) groups is 1. The molecular weight excluding hydrogens is 458 g/mol. The number of guanidine groups is 1. The van der Waals surface area contributed by atoms with Gasteiger partial charge in [-0.05, 0) is 62.0 Å². The highest BCUT2D eigenvalue weighted by Gasteiger charge is 2.09. The molecule has 0 fully saturated rings. The van der Waals surface area contributed by atoms with Crippen molar-refractivity contribution < 1.29 is 4.39 Å². The number of nitrogens with zero attached hydrogens (tertiary/aromatic N) is 3. The van der Waals surface area contributed by atoms with E-state index in [0.29, 0.717) is 29.2 Å². The number of hydrogen-bond donors (Lipinski definition) is 3. The van der Waals surface area contributed by atoms with Crippen LogP contribution in [-0.2, 0) is 6.54 Å². The monoisotopic (exact) mass is 476 g/mol. The molecule has 3 N–H and O–H groups in total. The van der Waals surface area contributed by atoms with E-state index < -0.39 is 5.82 Å². The number of hydrogen-bond acceptors (Lipinski definition) is 4. The van der Waals surface area contributed by atoms with Crippen LogP contribution in [-0.4, -0.2) is 21.0 Å². The van der Waals surface area contributed by atoms with Gasteiger partial charge in [0.2, 0.25) is 11.9 Å². The summed E-state index contributed by atoms with van der Waals surface area (Å²) in [5.41, 5.74) is 2.98. The average molecular weight is 477 g/mol. The van der Waals surface area contributed by atoms with Crippen molar-refractivity contribution in [2.24, 2.45) is 4.99 Å². The first-order valence-electron chi connectivity index (χ1n) is 9.20. The second-order valence-electron chi connectivity index (χ2n) is 6.56. The van der Waals surface area contributed by atoms with E-state index in [0.717, 1.165) is 17.0 Å². The van der Waals surface area contributed by atoms with Gasteiger partial charge in [-0.3, -0.25) is 5.32 Å². The number of nitrogens with one attached hydrogen (secondary N) is 3. The zero-order chi connectivity index (χ0) is 22.4. The van der Waals surface area contributed by atoms with Gasteiger partial charge in [0.25, 0.3) is 0 Å². The van der Waals surface area contributed by atoms with Gasteiger partial charge in [-0.25, -0.2) is 19.4 Å². The standard InChI is InChI=1S/C21H19Cl2FN6S/c1-12-9-13(2)27-20(26-12)29-19(25-11-14-5-3-4-6-16(14)22)30-21(31)28-15-7-8-18(24)17(23)10-15/h3-10H,11H2,1-2H3,(H3,25,26,27,28,29,30,31). The summed E-state index contributed by atoms with van der Waals surface area (Å²) in [4.78, 5) is 13.3. The second-order valence-corrected chi connectivity index (χ2v) is 7.79. The number of aliphatic imine (C=N–C) groups is 1. The lowest BCUT2D eigenvalue weighted by molar-refractivity contribution is 0.628. The fraction of sp³-hybridized carbons (Fsp3) is 0.143. The van der Waals surface area contributed by atoms with Crippen LogP contribution >= 0.6 is 35.4 Å². The quantitative estimate of drug-likeness (QED) is 0.262. The summed E-state index contributed by atoms with van der Waals surface area (Å²) in [7, 11) is 0. The third kappa shape index (κ3) is 6.85. The normalized spacial score (nSPS) is 11.2. The van der Waals surface area contributed by atoms with E-state index in [9.17, 15) is 4.39 Å². The number of rotatable bonds is 4. The first-order valence-corrected chi connectivity index (χ1v) is 10.4. The van der Waals surface area contributed by atoms with E-state index in [1.165, 1.54) is 18.2 Å².